The Bertz CT molecular complexity index is 1620. The van der Waals surface area contributed by atoms with E-state index in [2.05, 4.69) is 24.8 Å². The molecule has 12 nitrogen and oxygen atoms in total. The highest BCUT2D eigenvalue weighted by molar-refractivity contribution is 7.89. The molecule has 3 aromatic heterocycles. The minimum absolute atomic E-state index is 0.0752. The minimum atomic E-state index is -3.82. The quantitative estimate of drug-likeness (QED) is 0.299. The normalized spacial score (nSPS) is 15.0. The summed E-state index contributed by atoms with van der Waals surface area (Å²) >= 11 is 6.90. The van der Waals surface area contributed by atoms with Crippen molar-refractivity contribution in [1.29, 1.82) is 0 Å². The number of H-pyrrole nitrogens is 1. The van der Waals surface area contributed by atoms with Crippen molar-refractivity contribution in [2.24, 2.45) is 0 Å². The van der Waals surface area contributed by atoms with E-state index < -0.39 is 10.0 Å². The van der Waals surface area contributed by atoms with E-state index in [0.29, 0.717) is 73.0 Å². The molecule has 0 saturated carbocycles. The van der Waals surface area contributed by atoms with Crippen molar-refractivity contribution < 1.29 is 17.9 Å². The van der Waals surface area contributed by atoms with Crippen molar-refractivity contribution in [3.63, 3.8) is 0 Å². The zero-order valence-electron chi connectivity index (χ0n) is 21.2. The number of hydrogen-bond donors (Lipinski definition) is 2. The predicted octanol–water partition coefficient (Wildman–Crippen LogP) is 2.11. The number of aromatic nitrogens is 5. The van der Waals surface area contributed by atoms with Crippen LogP contribution in [-0.2, 0) is 21.3 Å². The first-order valence-corrected chi connectivity index (χ1v) is 14.4. The number of rotatable bonds is 10. The molecule has 204 valence electrons. The van der Waals surface area contributed by atoms with Crippen molar-refractivity contribution in [3.05, 3.63) is 40.0 Å². The number of ether oxygens (including phenoxy) is 2. The van der Waals surface area contributed by atoms with Gasteiger partial charge in [0.05, 0.1) is 40.9 Å². The molecule has 1 fully saturated rings. The van der Waals surface area contributed by atoms with E-state index in [4.69, 9.17) is 21.1 Å². The maximum absolute atomic E-state index is 13.2. The Labute approximate surface area is 224 Å². The highest BCUT2D eigenvalue weighted by Crippen LogP contribution is 2.40. The summed E-state index contributed by atoms with van der Waals surface area (Å²) in [5.74, 6) is 0.454. The van der Waals surface area contributed by atoms with Crippen LogP contribution in [0.4, 0.5) is 0 Å². The van der Waals surface area contributed by atoms with Crippen LogP contribution in [0.5, 0.6) is 5.75 Å². The number of fused-ring (bicyclic) bond motifs is 3. The summed E-state index contributed by atoms with van der Waals surface area (Å²) in [5.41, 5.74) is 1.91. The van der Waals surface area contributed by atoms with Crippen molar-refractivity contribution in [1.82, 2.24) is 33.8 Å². The van der Waals surface area contributed by atoms with Crippen LogP contribution < -0.4 is 15.1 Å². The third-order valence-corrected chi connectivity index (χ3v) is 8.32. The highest BCUT2D eigenvalue weighted by Gasteiger charge is 2.24. The molecule has 1 aliphatic heterocycles. The van der Waals surface area contributed by atoms with Gasteiger partial charge in [0.1, 0.15) is 17.6 Å². The van der Waals surface area contributed by atoms with E-state index in [-0.39, 0.29) is 22.2 Å². The number of halogens is 1. The molecule has 1 saturated heterocycles. The van der Waals surface area contributed by atoms with Gasteiger partial charge in [0.25, 0.3) is 0 Å². The second-order valence-electron chi connectivity index (χ2n) is 8.94. The maximum Gasteiger partial charge on any atom is 0.335 e. The Hall–Kier alpha value is -2.97. The summed E-state index contributed by atoms with van der Waals surface area (Å²) in [6.07, 6.45) is 2.06. The zero-order valence-corrected chi connectivity index (χ0v) is 22.8. The molecule has 1 aliphatic rings. The molecule has 0 atom stereocenters. The Kier molecular flexibility index (Phi) is 7.73. The molecule has 4 heterocycles. The smallest absolute Gasteiger partial charge is 0.335 e. The number of hydrogen-bond acceptors (Lipinski definition) is 8. The van der Waals surface area contributed by atoms with Crippen LogP contribution in [-0.4, -0.2) is 83.5 Å². The molecular formula is C24H30ClN7O5S. The molecule has 0 aliphatic carbocycles. The molecule has 0 unspecified atom stereocenters. The molecule has 4 aromatic rings. The van der Waals surface area contributed by atoms with Crippen LogP contribution >= 0.6 is 11.6 Å². The summed E-state index contributed by atoms with van der Waals surface area (Å²) < 4.78 is 43.2. The van der Waals surface area contributed by atoms with Crippen LogP contribution in [0.2, 0.25) is 5.02 Å². The van der Waals surface area contributed by atoms with Crippen LogP contribution in [0, 0.1) is 0 Å². The fraction of sp³-hybridized carbons (Fsp3) is 0.458. The molecule has 2 N–H and O–H groups in total. The lowest BCUT2D eigenvalue weighted by Crippen LogP contribution is -2.41. The van der Waals surface area contributed by atoms with Gasteiger partial charge >= 0.3 is 5.69 Å². The lowest BCUT2D eigenvalue weighted by atomic mass is 10.1. The minimum Gasteiger partial charge on any atom is -0.493 e. The van der Waals surface area contributed by atoms with Crippen molar-refractivity contribution in [2.45, 2.75) is 31.7 Å². The number of sulfonamides is 1. The molecule has 5 rings (SSSR count). The van der Waals surface area contributed by atoms with Crippen LogP contribution in [0.15, 0.2) is 34.2 Å². The first-order valence-electron chi connectivity index (χ1n) is 12.6. The average molecular weight is 564 g/mol. The largest absolute Gasteiger partial charge is 0.493 e. The fourth-order valence-corrected chi connectivity index (χ4v) is 6.06. The van der Waals surface area contributed by atoms with Crippen LogP contribution in [0.25, 0.3) is 27.9 Å². The Morgan fingerprint density at radius 1 is 1.21 bits per heavy atom. The number of nitrogens with zero attached hydrogens (tertiary/aromatic N) is 5. The standard InChI is InChI=1S/C24H30ClN7O5S/c1-3-8-31-22-19(25)20(28-21(22)23-29-26-15-32(23)24(31)33)17-14-16(5-6-18(17)37-4-2)38(34,35)27-7-9-30-10-12-36-13-11-30/h5-6,14-15,27-28H,3-4,7-13H2,1-2H3. The van der Waals surface area contributed by atoms with Gasteiger partial charge < -0.3 is 14.5 Å². The third kappa shape index (κ3) is 4.92. The molecule has 0 radical (unpaired) electrons. The molecule has 38 heavy (non-hydrogen) atoms. The van der Waals surface area contributed by atoms with Gasteiger partial charge in [-0.2, -0.15) is 0 Å². The van der Waals surface area contributed by atoms with E-state index in [0.717, 1.165) is 13.1 Å². The summed E-state index contributed by atoms with van der Waals surface area (Å²) in [7, 11) is -3.82. The second kappa shape index (κ2) is 11.0. The fourth-order valence-electron chi connectivity index (χ4n) is 4.67. The number of nitrogens with one attached hydrogen (secondary N) is 2. The van der Waals surface area contributed by atoms with Gasteiger partial charge in [0.2, 0.25) is 10.0 Å². The maximum atomic E-state index is 13.2. The van der Waals surface area contributed by atoms with E-state index in [1.165, 1.54) is 22.9 Å². The topological polar surface area (TPSA) is 136 Å². The van der Waals surface area contributed by atoms with Crippen molar-refractivity contribution >= 4 is 38.3 Å². The molecule has 14 heteroatoms. The van der Waals surface area contributed by atoms with Crippen molar-refractivity contribution in [3.8, 4) is 17.0 Å². The van der Waals surface area contributed by atoms with Gasteiger partial charge in [-0.3, -0.25) is 9.47 Å². The van der Waals surface area contributed by atoms with Crippen LogP contribution in [0.3, 0.4) is 0 Å². The van der Waals surface area contributed by atoms with Gasteiger partial charge in [-0.1, -0.05) is 18.5 Å². The highest BCUT2D eigenvalue weighted by atomic mass is 35.5. The molecule has 0 bridgehead atoms. The Balaban J connectivity index is 1.57. The van der Waals surface area contributed by atoms with Gasteiger partial charge in [0, 0.05) is 38.3 Å². The summed E-state index contributed by atoms with van der Waals surface area (Å²) in [6.45, 7) is 8.30. The molecular weight excluding hydrogens is 534 g/mol. The Morgan fingerprint density at radius 3 is 2.74 bits per heavy atom. The summed E-state index contributed by atoms with van der Waals surface area (Å²) in [6, 6.07) is 4.65. The van der Waals surface area contributed by atoms with E-state index in [1.807, 2.05) is 13.8 Å². The van der Waals surface area contributed by atoms with Crippen molar-refractivity contribution in [2.75, 3.05) is 46.0 Å². The van der Waals surface area contributed by atoms with Gasteiger partial charge in [0.15, 0.2) is 5.65 Å². The monoisotopic (exact) mass is 563 g/mol. The molecule has 1 aromatic carbocycles. The SMILES string of the molecule is CCCn1c(=O)n2cnnc2c2[nH]c(-c3cc(S(=O)(=O)NCCN4CCOCC4)ccc3OCC)c(Cl)c21. The molecule has 0 spiro atoms. The van der Waals surface area contributed by atoms with Gasteiger partial charge in [-0.25, -0.2) is 22.3 Å². The van der Waals surface area contributed by atoms with E-state index in [9.17, 15) is 13.2 Å². The lowest BCUT2D eigenvalue weighted by molar-refractivity contribution is 0.0390. The molecule has 0 amide bonds. The van der Waals surface area contributed by atoms with E-state index in [1.54, 1.807) is 10.6 Å². The number of aryl methyl sites for hydroxylation is 1. The van der Waals surface area contributed by atoms with E-state index >= 15 is 0 Å². The summed E-state index contributed by atoms with van der Waals surface area (Å²) in [5, 5.41) is 8.27. The first-order chi connectivity index (χ1) is 18.4. The number of morpholine rings is 1. The van der Waals surface area contributed by atoms with Gasteiger partial charge in [-0.05, 0) is 31.5 Å². The van der Waals surface area contributed by atoms with Gasteiger partial charge in [-0.15, -0.1) is 10.2 Å². The Morgan fingerprint density at radius 2 is 2.00 bits per heavy atom. The number of aromatic amines is 1. The second-order valence-corrected chi connectivity index (χ2v) is 11.1. The summed E-state index contributed by atoms with van der Waals surface area (Å²) in [4.78, 5) is 18.6. The average Bonchev–Trinajstić information content (AvgIpc) is 3.53. The van der Waals surface area contributed by atoms with Crippen LogP contribution in [0.1, 0.15) is 20.3 Å². The first kappa shape index (κ1) is 26.6. The lowest BCUT2D eigenvalue weighted by Gasteiger charge is -2.26. The zero-order chi connectivity index (χ0) is 26.9. The predicted molar refractivity (Wildman–Crippen MR) is 143 cm³/mol. The number of benzene rings is 1. The third-order valence-electron chi connectivity index (χ3n) is 6.49.